The van der Waals surface area contributed by atoms with Crippen LogP contribution in [-0.2, 0) is 16.6 Å². The van der Waals surface area contributed by atoms with E-state index in [4.69, 9.17) is 11.6 Å². The third-order valence-corrected chi connectivity index (χ3v) is 5.34. The second-order valence-corrected chi connectivity index (χ2v) is 7.87. The normalized spacial score (nSPS) is 11.6. The largest absolute Gasteiger partial charge is 0.355 e. The molecule has 0 aliphatic rings. The zero-order valence-corrected chi connectivity index (χ0v) is 19.1. The van der Waals surface area contributed by atoms with Crippen molar-refractivity contribution in [1.82, 2.24) is 14.9 Å². The molecular formula is C18H24ClIN4O2S. The molecule has 0 heterocycles. The lowest BCUT2D eigenvalue weighted by molar-refractivity contribution is 0.477. The van der Waals surface area contributed by atoms with E-state index in [0.717, 1.165) is 0 Å². The molecule has 0 saturated carbocycles. The summed E-state index contributed by atoms with van der Waals surface area (Å²) < 4.78 is 27.0. The van der Waals surface area contributed by atoms with Crippen molar-refractivity contribution in [3.05, 3.63) is 65.2 Å². The van der Waals surface area contributed by atoms with E-state index in [2.05, 4.69) is 15.0 Å². The Morgan fingerprint density at radius 2 is 1.81 bits per heavy atom. The van der Waals surface area contributed by atoms with Crippen LogP contribution in [0.5, 0.6) is 0 Å². The number of rotatable bonds is 7. The first kappa shape index (κ1) is 23.7. The third-order valence-electron chi connectivity index (χ3n) is 3.64. The van der Waals surface area contributed by atoms with E-state index >= 15 is 0 Å². The highest BCUT2D eigenvalue weighted by Crippen LogP contribution is 2.14. The van der Waals surface area contributed by atoms with E-state index in [9.17, 15) is 8.42 Å². The van der Waals surface area contributed by atoms with E-state index in [0.29, 0.717) is 24.1 Å². The van der Waals surface area contributed by atoms with Crippen LogP contribution in [0, 0.1) is 0 Å². The summed E-state index contributed by atoms with van der Waals surface area (Å²) in [6, 6.07) is 16.2. The van der Waals surface area contributed by atoms with Crippen LogP contribution in [0.1, 0.15) is 5.56 Å². The molecule has 0 spiro atoms. The lowest BCUT2D eigenvalue weighted by Gasteiger charge is -2.22. The molecule has 0 aliphatic carbocycles. The Bertz CT molecular complexity index is 847. The minimum atomic E-state index is -3.58. The molecule has 0 amide bonds. The van der Waals surface area contributed by atoms with Crippen LogP contribution in [0.25, 0.3) is 0 Å². The predicted molar refractivity (Wildman–Crippen MR) is 121 cm³/mol. The first-order chi connectivity index (χ1) is 12.4. The van der Waals surface area contributed by atoms with Gasteiger partial charge in [0, 0.05) is 38.8 Å². The average molecular weight is 523 g/mol. The molecule has 0 radical (unpaired) electrons. The maximum atomic E-state index is 12.2. The van der Waals surface area contributed by atoms with Gasteiger partial charge in [-0.15, -0.1) is 24.0 Å². The smallest absolute Gasteiger partial charge is 0.240 e. The number of nitrogens with one attached hydrogen (secondary N) is 2. The fourth-order valence-corrected chi connectivity index (χ4v) is 3.73. The fourth-order valence-electron chi connectivity index (χ4n) is 2.39. The van der Waals surface area contributed by atoms with Gasteiger partial charge >= 0.3 is 0 Å². The van der Waals surface area contributed by atoms with Crippen molar-refractivity contribution in [3.8, 4) is 0 Å². The quantitative estimate of drug-likeness (QED) is 0.254. The summed E-state index contributed by atoms with van der Waals surface area (Å²) >= 11 is 5.85. The maximum Gasteiger partial charge on any atom is 0.240 e. The van der Waals surface area contributed by atoms with Gasteiger partial charge in [0.1, 0.15) is 0 Å². The molecule has 2 rings (SSSR count). The minimum Gasteiger partial charge on any atom is -0.355 e. The standard InChI is InChI=1S/C18H23ClN4O2S.HI/c1-20-18(23(2)14-15-7-4-3-5-8-15)21-11-12-22-26(24,25)17-10-6-9-16(19)13-17;/h3-10,13,22H,11-12,14H2,1-2H3,(H,20,21);1H. The Kier molecular flexibility index (Phi) is 10.1. The zero-order valence-electron chi connectivity index (χ0n) is 15.2. The van der Waals surface area contributed by atoms with Gasteiger partial charge in [0.15, 0.2) is 5.96 Å². The summed E-state index contributed by atoms with van der Waals surface area (Å²) in [6.07, 6.45) is 0. The van der Waals surface area contributed by atoms with Crippen molar-refractivity contribution < 1.29 is 8.42 Å². The van der Waals surface area contributed by atoms with Gasteiger partial charge in [-0.2, -0.15) is 0 Å². The van der Waals surface area contributed by atoms with Crippen LogP contribution in [0.2, 0.25) is 5.02 Å². The van der Waals surface area contributed by atoms with Gasteiger partial charge in [-0.1, -0.05) is 48.0 Å². The second-order valence-electron chi connectivity index (χ2n) is 5.67. The number of nitrogens with zero attached hydrogens (tertiary/aromatic N) is 2. The summed E-state index contributed by atoms with van der Waals surface area (Å²) in [6.45, 7) is 1.34. The van der Waals surface area contributed by atoms with Crippen molar-refractivity contribution in [1.29, 1.82) is 0 Å². The fraction of sp³-hybridized carbons (Fsp3) is 0.278. The van der Waals surface area contributed by atoms with Crippen LogP contribution in [-0.4, -0.2) is 46.5 Å². The molecule has 0 fully saturated rings. The van der Waals surface area contributed by atoms with Crippen LogP contribution < -0.4 is 10.0 Å². The van der Waals surface area contributed by atoms with Crippen molar-refractivity contribution in [2.24, 2.45) is 4.99 Å². The van der Waals surface area contributed by atoms with Gasteiger partial charge in [0.25, 0.3) is 0 Å². The lowest BCUT2D eigenvalue weighted by atomic mass is 10.2. The Hall–Kier alpha value is -1.36. The van der Waals surface area contributed by atoms with Gasteiger partial charge < -0.3 is 10.2 Å². The monoisotopic (exact) mass is 522 g/mol. The van der Waals surface area contributed by atoms with E-state index in [1.807, 2.05) is 42.3 Å². The highest BCUT2D eigenvalue weighted by Gasteiger charge is 2.13. The van der Waals surface area contributed by atoms with Crippen LogP contribution in [0.3, 0.4) is 0 Å². The first-order valence-electron chi connectivity index (χ1n) is 8.13. The number of sulfonamides is 1. The molecule has 0 unspecified atom stereocenters. The molecule has 2 N–H and O–H groups in total. The van der Waals surface area contributed by atoms with Crippen molar-refractivity contribution in [2.45, 2.75) is 11.4 Å². The highest BCUT2D eigenvalue weighted by atomic mass is 127. The summed E-state index contributed by atoms with van der Waals surface area (Å²) in [5.41, 5.74) is 1.17. The summed E-state index contributed by atoms with van der Waals surface area (Å²) in [5.74, 6) is 0.691. The summed E-state index contributed by atoms with van der Waals surface area (Å²) in [7, 11) is 0.0393. The number of hydrogen-bond donors (Lipinski definition) is 2. The number of guanidine groups is 1. The Morgan fingerprint density at radius 1 is 1.11 bits per heavy atom. The van der Waals surface area contributed by atoms with E-state index in [-0.39, 0.29) is 35.4 Å². The molecule has 2 aromatic rings. The van der Waals surface area contributed by atoms with Crippen LogP contribution >= 0.6 is 35.6 Å². The molecule has 6 nitrogen and oxygen atoms in total. The molecule has 0 bridgehead atoms. The summed E-state index contributed by atoms with van der Waals surface area (Å²) in [5, 5.41) is 3.53. The maximum absolute atomic E-state index is 12.2. The molecule has 0 aliphatic heterocycles. The van der Waals surface area contributed by atoms with Crippen molar-refractivity contribution >= 4 is 51.6 Å². The van der Waals surface area contributed by atoms with Crippen LogP contribution in [0.15, 0.2) is 64.5 Å². The number of benzene rings is 2. The zero-order chi connectivity index (χ0) is 19.0. The van der Waals surface area contributed by atoms with Gasteiger partial charge in [-0.05, 0) is 23.8 Å². The Morgan fingerprint density at radius 3 is 2.44 bits per heavy atom. The molecule has 2 aromatic carbocycles. The molecule has 27 heavy (non-hydrogen) atoms. The second kappa shape index (κ2) is 11.5. The van der Waals surface area contributed by atoms with Crippen molar-refractivity contribution in [3.63, 3.8) is 0 Å². The Labute approximate surface area is 183 Å². The number of hydrogen-bond acceptors (Lipinski definition) is 3. The molecule has 0 saturated heterocycles. The summed E-state index contributed by atoms with van der Waals surface area (Å²) in [4.78, 5) is 6.35. The number of aliphatic imine (C=N–C) groups is 1. The van der Waals surface area contributed by atoms with Gasteiger partial charge in [-0.25, -0.2) is 13.1 Å². The number of halogens is 2. The van der Waals surface area contributed by atoms with Gasteiger partial charge in [-0.3, -0.25) is 4.99 Å². The average Bonchev–Trinajstić information content (AvgIpc) is 2.62. The minimum absolute atomic E-state index is 0. The molecule has 148 valence electrons. The predicted octanol–water partition coefficient (Wildman–Crippen LogP) is 2.94. The first-order valence-corrected chi connectivity index (χ1v) is 9.99. The van der Waals surface area contributed by atoms with E-state index < -0.39 is 10.0 Å². The van der Waals surface area contributed by atoms with E-state index in [1.54, 1.807) is 19.2 Å². The van der Waals surface area contributed by atoms with Gasteiger partial charge in [0.05, 0.1) is 4.90 Å². The molecule has 0 aromatic heterocycles. The molecular weight excluding hydrogens is 499 g/mol. The van der Waals surface area contributed by atoms with Crippen molar-refractivity contribution in [2.75, 3.05) is 27.2 Å². The SMILES string of the molecule is CN=C(NCCNS(=O)(=O)c1cccc(Cl)c1)N(C)Cc1ccccc1.I. The highest BCUT2D eigenvalue weighted by molar-refractivity contribution is 14.0. The lowest BCUT2D eigenvalue weighted by Crippen LogP contribution is -2.42. The van der Waals surface area contributed by atoms with E-state index in [1.165, 1.54) is 17.7 Å². The molecule has 0 atom stereocenters. The Balaban J connectivity index is 0.00000364. The van der Waals surface area contributed by atoms with Crippen LogP contribution in [0.4, 0.5) is 0 Å². The third kappa shape index (κ3) is 7.65. The van der Waals surface area contributed by atoms with Gasteiger partial charge in [0.2, 0.25) is 10.0 Å². The molecule has 9 heteroatoms. The topological polar surface area (TPSA) is 73.8 Å².